The van der Waals surface area contributed by atoms with Gasteiger partial charge in [0.1, 0.15) is 5.01 Å². The molecule has 6 nitrogen and oxygen atoms in total. The summed E-state index contributed by atoms with van der Waals surface area (Å²) in [6.07, 6.45) is 5.19. The van der Waals surface area contributed by atoms with Gasteiger partial charge >= 0.3 is 5.97 Å². The largest absolute Gasteiger partial charge is 0.481 e. The number of carbonyl (C=O) groups is 2. The molecule has 2 atom stereocenters. The van der Waals surface area contributed by atoms with Crippen LogP contribution in [0, 0.1) is 17.8 Å². The van der Waals surface area contributed by atoms with Crippen LogP contribution in [0.25, 0.3) is 10.6 Å². The summed E-state index contributed by atoms with van der Waals surface area (Å²) in [7, 11) is 0. The predicted octanol–water partition coefficient (Wildman–Crippen LogP) is 6.11. The predicted molar refractivity (Wildman–Crippen MR) is 129 cm³/mol. The summed E-state index contributed by atoms with van der Waals surface area (Å²) < 4.78 is 0. The minimum Gasteiger partial charge on any atom is -0.481 e. The Hall–Kier alpha value is -2.77. The molecule has 0 radical (unpaired) electrons. The quantitative estimate of drug-likeness (QED) is 0.443. The summed E-state index contributed by atoms with van der Waals surface area (Å²) in [5.74, 6) is 0.450. The van der Waals surface area contributed by atoms with Crippen molar-refractivity contribution < 1.29 is 14.7 Å². The molecule has 5 rings (SSSR count). The zero-order valence-corrected chi connectivity index (χ0v) is 19.5. The number of amides is 1. The van der Waals surface area contributed by atoms with Crippen LogP contribution in [0.3, 0.4) is 0 Å². The number of anilines is 1. The fourth-order valence-corrected chi connectivity index (χ4v) is 5.91. The van der Waals surface area contributed by atoms with E-state index in [9.17, 15) is 9.59 Å². The number of rotatable bonds is 6. The summed E-state index contributed by atoms with van der Waals surface area (Å²) in [6, 6.07) is 15.2. The maximum Gasteiger partial charge on any atom is 0.306 e. The van der Waals surface area contributed by atoms with Gasteiger partial charge in [-0.1, -0.05) is 47.2 Å². The number of nitrogens with zero attached hydrogens (tertiary/aromatic N) is 2. The van der Waals surface area contributed by atoms with Crippen LogP contribution in [0.5, 0.6) is 0 Å². The smallest absolute Gasteiger partial charge is 0.306 e. The highest BCUT2D eigenvalue weighted by molar-refractivity contribution is 7.18. The Balaban J connectivity index is 1.16. The molecule has 0 saturated heterocycles. The van der Waals surface area contributed by atoms with Gasteiger partial charge in [0.15, 0.2) is 0 Å². The number of hydrogen-bond donors (Lipinski definition) is 2. The van der Waals surface area contributed by atoms with Crippen LogP contribution in [0.4, 0.5) is 5.13 Å². The Labute approximate surface area is 201 Å². The highest BCUT2D eigenvalue weighted by atomic mass is 35.5. The van der Waals surface area contributed by atoms with E-state index >= 15 is 0 Å². The molecule has 2 saturated carbocycles. The van der Waals surface area contributed by atoms with E-state index < -0.39 is 5.97 Å². The summed E-state index contributed by atoms with van der Waals surface area (Å²) in [4.78, 5) is 23.8. The van der Waals surface area contributed by atoms with E-state index in [0.717, 1.165) is 37.7 Å². The second kappa shape index (κ2) is 9.23. The molecule has 2 N–H and O–H groups in total. The lowest BCUT2D eigenvalue weighted by atomic mass is 9.76. The monoisotopic (exact) mass is 481 g/mol. The minimum atomic E-state index is -0.634. The molecule has 33 heavy (non-hydrogen) atoms. The number of benzene rings is 2. The first-order valence-electron chi connectivity index (χ1n) is 11.2. The first kappa shape index (κ1) is 22.0. The average Bonchev–Trinajstić information content (AvgIpc) is 3.51. The summed E-state index contributed by atoms with van der Waals surface area (Å²) in [5, 5.41) is 22.0. The molecular formula is C25H24ClN3O3S. The van der Waals surface area contributed by atoms with Gasteiger partial charge in [-0.05, 0) is 79.7 Å². The van der Waals surface area contributed by atoms with Crippen LogP contribution in [0.15, 0.2) is 48.5 Å². The third-order valence-electron chi connectivity index (χ3n) is 6.90. The molecule has 2 aromatic carbocycles. The number of carboxylic acid groups (broad SMARTS) is 1. The molecule has 0 spiro atoms. The Morgan fingerprint density at radius 3 is 2.45 bits per heavy atom. The number of hydrogen-bond acceptors (Lipinski definition) is 5. The molecule has 0 bridgehead atoms. The summed E-state index contributed by atoms with van der Waals surface area (Å²) in [6.45, 7) is 0. The van der Waals surface area contributed by atoms with Gasteiger partial charge in [-0.3, -0.25) is 14.9 Å². The molecule has 2 aliphatic carbocycles. The lowest BCUT2D eigenvalue weighted by molar-refractivity contribution is -0.139. The van der Waals surface area contributed by atoms with Crippen molar-refractivity contribution in [3.05, 3.63) is 64.7 Å². The SMILES string of the molecule is O=C(Nc1nnc(-c2cccc(Cl)c2)s1)c1ccc(C2CCC(C3C[C@@H]3C(=O)O)CC2)cc1. The van der Waals surface area contributed by atoms with Crippen LogP contribution >= 0.6 is 22.9 Å². The van der Waals surface area contributed by atoms with Crippen molar-refractivity contribution in [3.8, 4) is 10.6 Å². The Morgan fingerprint density at radius 2 is 1.79 bits per heavy atom. The van der Waals surface area contributed by atoms with Gasteiger partial charge in [0, 0.05) is 16.1 Å². The normalized spacial score (nSPS) is 24.3. The Kier molecular flexibility index (Phi) is 6.17. The highest BCUT2D eigenvalue weighted by Crippen LogP contribution is 2.51. The van der Waals surface area contributed by atoms with E-state index in [2.05, 4.69) is 15.5 Å². The number of nitrogens with one attached hydrogen (secondary N) is 1. The fourth-order valence-electron chi connectivity index (χ4n) is 4.99. The molecule has 2 aliphatic rings. The van der Waals surface area contributed by atoms with Crippen LogP contribution in [0.2, 0.25) is 5.02 Å². The van der Waals surface area contributed by atoms with E-state index in [1.807, 2.05) is 42.5 Å². The van der Waals surface area contributed by atoms with E-state index in [0.29, 0.717) is 38.5 Å². The topological polar surface area (TPSA) is 92.2 Å². The van der Waals surface area contributed by atoms with Gasteiger partial charge in [0.05, 0.1) is 5.92 Å². The Bertz CT molecular complexity index is 1170. The van der Waals surface area contributed by atoms with E-state index in [1.165, 1.54) is 16.9 Å². The standard InChI is InChI=1S/C25H24ClN3O3S/c26-19-3-1-2-18(12-19)23-28-29-25(33-23)27-22(30)17-10-6-15(7-11-17)14-4-8-16(9-5-14)20-13-21(20)24(31)32/h1-3,6-7,10-12,14,16,20-21H,4-5,8-9,13H2,(H,31,32)(H,27,29,30)/t14?,16?,20?,21-/m0/s1. The number of carboxylic acids is 1. The van der Waals surface area contributed by atoms with Gasteiger partial charge in [-0.2, -0.15) is 0 Å². The number of carbonyl (C=O) groups excluding carboxylic acids is 1. The van der Waals surface area contributed by atoms with Gasteiger partial charge in [-0.15, -0.1) is 10.2 Å². The molecule has 1 amide bonds. The van der Waals surface area contributed by atoms with E-state index in [1.54, 1.807) is 6.07 Å². The molecular weight excluding hydrogens is 458 g/mol. The van der Waals surface area contributed by atoms with Gasteiger partial charge < -0.3 is 5.11 Å². The van der Waals surface area contributed by atoms with E-state index in [4.69, 9.17) is 16.7 Å². The highest BCUT2D eigenvalue weighted by Gasteiger charge is 2.48. The second-order valence-corrected chi connectivity index (χ2v) is 10.4. The van der Waals surface area contributed by atoms with Crippen LogP contribution in [-0.2, 0) is 4.79 Å². The molecule has 2 fully saturated rings. The maximum absolute atomic E-state index is 12.7. The molecule has 1 heterocycles. The number of aromatic nitrogens is 2. The van der Waals surface area contributed by atoms with Crippen LogP contribution in [0.1, 0.15) is 53.9 Å². The second-order valence-electron chi connectivity index (χ2n) is 8.95. The van der Waals surface area contributed by atoms with Gasteiger partial charge in [0.25, 0.3) is 5.91 Å². The van der Waals surface area contributed by atoms with Crippen molar-refractivity contribution in [2.75, 3.05) is 5.32 Å². The van der Waals surface area contributed by atoms with Crippen LogP contribution in [-0.4, -0.2) is 27.2 Å². The maximum atomic E-state index is 12.7. The summed E-state index contributed by atoms with van der Waals surface area (Å²) >= 11 is 7.34. The van der Waals surface area contributed by atoms with Crippen molar-refractivity contribution in [2.45, 2.75) is 38.0 Å². The molecule has 0 aliphatic heterocycles. The lowest BCUT2D eigenvalue weighted by Crippen LogP contribution is -2.17. The first-order valence-corrected chi connectivity index (χ1v) is 12.4. The van der Waals surface area contributed by atoms with Crippen molar-refractivity contribution >= 4 is 39.9 Å². The number of halogens is 1. The first-order chi connectivity index (χ1) is 16.0. The van der Waals surface area contributed by atoms with Crippen LogP contribution < -0.4 is 5.32 Å². The van der Waals surface area contributed by atoms with Gasteiger partial charge in [0.2, 0.25) is 5.13 Å². The third-order valence-corrected chi connectivity index (χ3v) is 8.02. The van der Waals surface area contributed by atoms with Gasteiger partial charge in [-0.25, -0.2) is 0 Å². The van der Waals surface area contributed by atoms with Crippen molar-refractivity contribution in [1.29, 1.82) is 0 Å². The third kappa shape index (κ3) is 4.94. The average molecular weight is 482 g/mol. The van der Waals surface area contributed by atoms with E-state index in [-0.39, 0.29) is 11.8 Å². The minimum absolute atomic E-state index is 0.112. The molecule has 1 aromatic heterocycles. The zero-order chi connectivity index (χ0) is 22.9. The molecule has 8 heteroatoms. The van der Waals surface area contributed by atoms with Crippen molar-refractivity contribution in [1.82, 2.24) is 10.2 Å². The molecule has 170 valence electrons. The van der Waals surface area contributed by atoms with Crippen molar-refractivity contribution in [3.63, 3.8) is 0 Å². The molecule has 1 unspecified atom stereocenters. The summed E-state index contributed by atoms with van der Waals surface area (Å²) in [5.41, 5.74) is 2.68. The number of aliphatic carboxylic acids is 1. The van der Waals surface area contributed by atoms with Crippen molar-refractivity contribution in [2.24, 2.45) is 17.8 Å². The molecule has 3 aromatic rings. The fraction of sp³-hybridized carbons (Fsp3) is 0.360. The lowest BCUT2D eigenvalue weighted by Gasteiger charge is -2.29. The zero-order valence-electron chi connectivity index (χ0n) is 17.9. The Morgan fingerprint density at radius 1 is 1.03 bits per heavy atom.